The molecule has 0 radical (unpaired) electrons. The number of para-hydroxylation sites is 1. The SMILES string of the molecule is CC1=Nc2ccccc2CC(F)(F)c2ccccc21. The van der Waals surface area contributed by atoms with Crippen molar-refractivity contribution in [1.82, 2.24) is 0 Å². The second-order valence-electron chi connectivity index (χ2n) is 4.75. The zero-order chi connectivity index (χ0) is 13.5. The first-order chi connectivity index (χ1) is 9.08. The summed E-state index contributed by atoms with van der Waals surface area (Å²) < 4.78 is 28.9. The van der Waals surface area contributed by atoms with Gasteiger partial charge in [0.05, 0.1) is 5.69 Å². The van der Waals surface area contributed by atoms with Crippen LogP contribution in [0.4, 0.5) is 14.5 Å². The molecule has 2 aromatic carbocycles. The van der Waals surface area contributed by atoms with Crippen LogP contribution >= 0.6 is 0 Å². The van der Waals surface area contributed by atoms with Crippen LogP contribution in [0.15, 0.2) is 53.5 Å². The zero-order valence-electron chi connectivity index (χ0n) is 10.5. The summed E-state index contributed by atoms with van der Waals surface area (Å²) in [5, 5.41) is 0. The van der Waals surface area contributed by atoms with Gasteiger partial charge in [-0.05, 0) is 18.6 Å². The number of rotatable bonds is 0. The van der Waals surface area contributed by atoms with Crippen LogP contribution in [0.3, 0.4) is 0 Å². The Morgan fingerprint density at radius 1 is 1.00 bits per heavy atom. The third-order valence-corrected chi connectivity index (χ3v) is 3.40. The Bertz CT molecular complexity index is 659. The molecule has 1 aliphatic rings. The van der Waals surface area contributed by atoms with Gasteiger partial charge in [-0.1, -0.05) is 42.5 Å². The van der Waals surface area contributed by atoms with Gasteiger partial charge in [0.15, 0.2) is 0 Å². The quantitative estimate of drug-likeness (QED) is 0.660. The summed E-state index contributed by atoms with van der Waals surface area (Å²) in [4.78, 5) is 4.49. The van der Waals surface area contributed by atoms with Gasteiger partial charge < -0.3 is 0 Å². The van der Waals surface area contributed by atoms with Crippen molar-refractivity contribution < 1.29 is 8.78 Å². The Kier molecular flexibility index (Phi) is 2.70. The average Bonchev–Trinajstić information content (AvgIpc) is 2.39. The first kappa shape index (κ1) is 12.0. The molecule has 0 aromatic heterocycles. The maximum Gasteiger partial charge on any atom is 0.277 e. The van der Waals surface area contributed by atoms with E-state index in [1.54, 1.807) is 43.3 Å². The lowest BCUT2D eigenvalue weighted by atomic mass is 9.92. The topological polar surface area (TPSA) is 12.4 Å². The molecule has 0 aliphatic carbocycles. The molecule has 0 spiro atoms. The lowest BCUT2D eigenvalue weighted by Crippen LogP contribution is -2.22. The predicted octanol–water partition coefficient (Wildman–Crippen LogP) is 4.48. The molecule has 0 atom stereocenters. The monoisotopic (exact) mass is 257 g/mol. The van der Waals surface area contributed by atoms with Crippen LogP contribution in [-0.4, -0.2) is 5.71 Å². The maximum atomic E-state index is 14.4. The maximum absolute atomic E-state index is 14.4. The fourth-order valence-corrected chi connectivity index (χ4v) is 2.46. The van der Waals surface area contributed by atoms with Gasteiger partial charge in [0.2, 0.25) is 0 Å². The summed E-state index contributed by atoms with van der Waals surface area (Å²) in [5.41, 5.74) is 2.44. The van der Waals surface area contributed by atoms with Crippen molar-refractivity contribution in [3.05, 3.63) is 65.2 Å². The number of alkyl halides is 2. The predicted molar refractivity (Wildman–Crippen MR) is 72.4 cm³/mol. The van der Waals surface area contributed by atoms with Gasteiger partial charge in [-0.15, -0.1) is 0 Å². The highest BCUT2D eigenvalue weighted by Crippen LogP contribution is 2.38. The summed E-state index contributed by atoms with van der Waals surface area (Å²) in [5.74, 6) is -2.87. The second kappa shape index (κ2) is 4.26. The number of nitrogens with zero attached hydrogens (tertiary/aromatic N) is 1. The van der Waals surface area contributed by atoms with Crippen molar-refractivity contribution in [2.45, 2.75) is 19.3 Å². The molecule has 0 amide bonds. The second-order valence-corrected chi connectivity index (χ2v) is 4.75. The van der Waals surface area contributed by atoms with Crippen molar-refractivity contribution in [2.75, 3.05) is 0 Å². The van der Waals surface area contributed by atoms with Gasteiger partial charge in [-0.2, -0.15) is 0 Å². The van der Waals surface area contributed by atoms with Crippen molar-refractivity contribution in [3.63, 3.8) is 0 Å². The van der Waals surface area contributed by atoms with Crippen LogP contribution in [0.25, 0.3) is 0 Å². The molecule has 0 N–H and O–H groups in total. The van der Waals surface area contributed by atoms with Crippen molar-refractivity contribution in [3.8, 4) is 0 Å². The minimum Gasteiger partial charge on any atom is -0.253 e. The molecule has 1 heterocycles. The van der Waals surface area contributed by atoms with Crippen molar-refractivity contribution in [2.24, 2.45) is 4.99 Å². The molecule has 1 nitrogen and oxygen atoms in total. The smallest absolute Gasteiger partial charge is 0.253 e. The molecule has 1 aliphatic heterocycles. The van der Waals surface area contributed by atoms with E-state index in [2.05, 4.69) is 4.99 Å². The molecule has 0 saturated heterocycles. The summed E-state index contributed by atoms with van der Waals surface area (Å²) in [6.45, 7) is 1.77. The number of fused-ring (bicyclic) bond motifs is 2. The number of benzene rings is 2. The highest BCUT2D eigenvalue weighted by Gasteiger charge is 2.36. The van der Waals surface area contributed by atoms with E-state index in [4.69, 9.17) is 0 Å². The van der Waals surface area contributed by atoms with E-state index in [0.717, 1.165) is 0 Å². The van der Waals surface area contributed by atoms with Gasteiger partial charge in [0, 0.05) is 23.3 Å². The molecule has 0 bridgehead atoms. The van der Waals surface area contributed by atoms with Crippen LogP contribution < -0.4 is 0 Å². The van der Waals surface area contributed by atoms with E-state index in [9.17, 15) is 8.78 Å². The summed E-state index contributed by atoms with van der Waals surface area (Å²) >= 11 is 0. The Hall–Kier alpha value is -2.03. The highest BCUT2D eigenvalue weighted by molar-refractivity contribution is 6.02. The standard InChI is InChI=1S/C16H13F2N/c1-11-13-7-3-4-8-14(13)16(17,18)10-12-6-2-5-9-15(12)19-11/h2-9H,10H2,1H3. The zero-order valence-corrected chi connectivity index (χ0v) is 10.5. The van der Waals surface area contributed by atoms with E-state index < -0.39 is 5.92 Å². The van der Waals surface area contributed by atoms with Gasteiger partial charge in [0.1, 0.15) is 0 Å². The molecule has 0 saturated carbocycles. The number of halogens is 2. The molecular formula is C16H13F2N. The van der Waals surface area contributed by atoms with Crippen LogP contribution in [0.5, 0.6) is 0 Å². The third-order valence-electron chi connectivity index (χ3n) is 3.40. The van der Waals surface area contributed by atoms with Crippen LogP contribution in [0.1, 0.15) is 23.6 Å². The molecular weight excluding hydrogens is 244 g/mol. The van der Waals surface area contributed by atoms with Gasteiger partial charge in [-0.25, -0.2) is 8.78 Å². The minimum atomic E-state index is -2.87. The molecule has 96 valence electrons. The van der Waals surface area contributed by atoms with Gasteiger partial charge in [-0.3, -0.25) is 4.99 Å². The van der Waals surface area contributed by atoms with Crippen LogP contribution in [0.2, 0.25) is 0 Å². The molecule has 0 fully saturated rings. The van der Waals surface area contributed by atoms with Crippen LogP contribution in [-0.2, 0) is 12.3 Å². The highest BCUT2D eigenvalue weighted by atomic mass is 19.3. The van der Waals surface area contributed by atoms with E-state index in [1.807, 2.05) is 6.07 Å². The number of hydrogen-bond donors (Lipinski definition) is 0. The lowest BCUT2D eigenvalue weighted by Gasteiger charge is -2.23. The summed E-state index contributed by atoms with van der Waals surface area (Å²) in [6, 6.07) is 13.7. The first-order valence-electron chi connectivity index (χ1n) is 6.19. The van der Waals surface area contributed by atoms with Crippen molar-refractivity contribution >= 4 is 11.4 Å². The van der Waals surface area contributed by atoms with Crippen molar-refractivity contribution in [1.29, 1.82) is 0 Å². The lowest BCUT2D eigenvalue weighted by molar-refractivity contribution is -0.00400. The fraction of sp³-hybridized carbons (Fsp3) is 0.188. The van der Waals surface area contributed by atoms with Crippen LogP contribution in [0, 0.1) is 0 Å². The summed E-state index contributed by atoms with van der Waals surface area (Å²) in [7, 11) is 0. The van der Waals surface area contributed by atoms with E-state index in [1.165, 1.54) is 6.07 Å². The number of hydrogen-bond acceptors (Lipinski definition) is 1. The Labute approximate surface area is 110 Å². The first-order valence-corrected chi connectivity index (χ1v) is 6.19. The molecule has 2 aromatic rings. The average molecular weight is 257 g/mol. The normalized spacial score (nSPS) is 16.7. The largest absolute Gasteiger partial charge is 0.277 e. The number of aliphatic imine (C=N–C) groups is 1. The van der Waals surface area contributed by atoms with E-state index >= 15 is 0 Å². The molecule has 3 rings (SSSR count). The van der Waals surface area contributed by atoms with E-state index in [0.29, 0.717) is 22.5 Å². The Balaban J connectivity index is 2.29. The van der Waals surface area contributed by atoms with E-state index in [-0.39, 0.29) is 12.0 Å². The molecule has 0 unspecified atom stereocenters. The molecule has 3 heteroatoms. The third kappa shape index (κ3) is 2.05. The molecule has 19 heavy (non-hydrogen) atoms. The van der Waals surface area contributed by atoms with Gasteiger partial charge in [0.25, 0.3) is 5.92 Å². The minimum absolute atomic E-state index is 0.0609. The Morgan fingerprint density at radius 2 is 1.68 bits per heavy atom. The van der Waals surface area contributed by atoms with Gasteiger partial charge >= 0.3 is 0 Å². The fourth-order valence-electron chi connectivity index (χ4n) is 2.46. The Morgan fingerprint density at radius 3 is 2.53 bits per heavy atom. The summed E-state index contributed by atoms with van der Waals surface area (Å²) in [6.07, 6.45) is -0.309.